The van der Waals surface area contributed by atoms with Gasteiger partial charge in [0.25, 0.3) is 0 Å². The van der Waals surface area contributed by atoms with E-state index in [0.29, 0.717) is 5.82 Å². The number of hydrogen-bond acceptors (Lipinski definition) is 4. The van der Waals surface area contributed by atoms with E-state index in [9.17, 15) is 4.79 Å². The first-order valence-electron chi connectivity index (χ1n) is 4.81. The Morgan fingerprint density at radius 3 is 2.79 bits per heavy atom. The van der Waals surface area contributed by atoms with Crippen LogP contribution < -0.4 is 0 Å². The molecule has 1 atom stereocenters. The first-order valence-corrected chi connectivity index (χ1v) is 5.85. The fraction of sp³-hybridized carbons (Fsp3) is 0.500. The molecule has 0 radical (unpaired) electrons. The molecule has 2 heterocycles. The molecule has 0 amide bonds. The number of ketones is 1. The molecule has 1 aliphatic rings. The molecule has 0 spiro atoms. The van der Waals surface area contributed by atoms with Crippen molar-refractivity contribution in [1.82, 2.24) is 9.97 Å². The second-order valence-corrected chi connectivity index (χ2v) is 4.60. The van der Waals surface area contributed by atoms with Crippen molar-refractivity contribution < 1.29 is 4.79 Å². The van der Waals surface area contributed by atoms with Gasteiger partial charge in [-0.25, -0.2) is 9.97 Å². The lowest BCUT2D eigenvalue weighted by Crippen LogP contribution is -2.22. The molecule has 3 nitrogen and oxygen atoms in total. The van der Waals surface area contributed by atoms with Crippen LogP contribution in [0.25, 0.3) is 0 Å². The van der Waals surface area contributed by atoms with Gasteiger partial charge in [-0.3, -0.25) is 4.79 Å². The van der Waals surface area contributed by atoms with Gasteiger partial charge in [0, 0.05) is 12.4 Å². The predicted molar refractivity (Wildman–Crippen MR) is 56.5 cm³/mol. The van der Waals surface area contributed by atoms with Crippen LogP contribution in [0, 0.1) is 0 Å². The topological polar surface area (TPSA) is 42.9 Å². The second kappa shape index (κ2) is 4.55. The summed E-state index contributed by atoms with van der Waals surface area (Å²) in [5.41, 5.74) is 0. The maximum absolute atomic E-state index is 11.9. The number of nitrogens with zero attached hydrogens (tertiary/aromatic N) is 2. The normalized spacial score (nSPS) is 21.9. The summed E-state index contributed by atoms with van der Waals surface area (Å²) in [7, 11) is 0. The smallest absolute Gasteiger partial charge is 0.212 e. The molecule has 1 aromatic rings. The molecule has 4 heteroatoms. The average Bonchev–Trinajstić information content (AvgIpc) is 2.30. The highest BCUT2D eigenvalue weighted by atomic mass is 32.2. The number of aromatic nitrogens is 2. The zero-order chi connectivity index (χ0) is 9.80. The van der Waals surface area contributed by atoms with Crippen LogP contribution in [0.3, 0.4) is 0 Å². The third-order valence-electron chi connectivity index (χ3n) is 2.26. The summed E-state index contributed by atoms with van der Waals surface area (Å²) in [6.07, 6.45) is 6.59. The summed E-state index contributed by atoms with van der Waals surface area (Å²) in [5, 5.41) is 0.0890. The minimum atomic E-state index is 0.0890. The van der Waals surface area contributed by atoms with Gasteiger partial charge in [0.2, 0.25) is 5.78 Å². The molecule has 0 bridgehead atoms. The Bertz CT molecular complexity index is 309. The van der Waals surface area contributed by atoms with Gasteiger partial charge in [-0.1, -0.05) is 6.42 Å². The van der Waals surface area contributed by atoms with Crippen molar-refractivity contribution in [3.05, 3.63) is 24.3 Å². The van der Waals surface area contributed by atoms with Gasteiger partial charge in [-0.05, 0) is 24.7 Å². The highest BCUT2D eigenvalue weighted by Gasteiger charge is 2.24. The van der Waals surface area contributed by atoms with E-state index in [2.05, 4.69) is 9.97 Å². The summed E-state index contributed by atoms with van der Waals surface area (Å²) in [4.78, 5) is 19.8. The Morgan fingerprint density at radius 2 is 2.14 bits per heavy atom. The highest BCUT2D eigenvalue weighted by molar-refractivity contribution is 8.00. The third-order valence-corrected chi connectivity index (χ3v) is 3.63. The molecule has 1 aliphatic heterocycles. The van der Waals surface area contributed by atoms with Crippen molar-refractivity contribution in [3.8, 4) is 0 Å². The molecule has 1 unspecified atom stereocenters. The Balaban J connectivity index is 2.07. The molecular formula is C10H12N2OS. The quantitative estimate of drug-likeness (QED) is 0.697. The van der Waals surface area contributed by atoms with Gasteiger partial charge < -0.3 is 0 Å². The zero-order valence-corrected chi connectivity index (χ0v) is 8.67. The van der Waals surface area contributed by atoms with E-state index in [-0.39, 0.29) is 11.0 Å². The van der Waals surface area contributed by atoms with Crippen molar-refractivity contribution in [2.45, 2.75) is 24.5 Å². The lowest BCUT2D eigenvalue weighted by Gasteiger charge is -2.18. The van der Waals surface area contributed by atoms with Crippen molar-refractivity contribution in [3.63, 3.8) is 0 Å². The molecule has 0 N–H and O–H groups in total. The number of carbonyl (C=O) groups is 1. The van der Waals surface area contributed by atoms with E-state index in [4.69, 9.17) is 0 Å². The maximum Gasteiger partial charge on any atom is 0.212 e. The number of rotatable bonds is 2. The number of Topliss-reactive ketones (excluding diaryl/α,β-unsaturated/α-hetero) is 1. The lowest BCUT2D eigenvalue weighted by molar-refractivity contribution is 0.0975. The fourth-order valence-corrected chi connectivity index (χ4v) is 2.76. The summed E-state index contributed by atoms with van der Waals surface area (Å²) in [6.45, 7) is 0. The Morgan fingerprint density at radius 1 is 1.36 bits per heavy atom. The van der Waals surface area contributed by atoms with Gasteiger partial charge >= 0.3 is 0 Å². The van der Waals surface area contributed by atoms with Crippen LogP contribution in [-0.4, -0.2) is 26.8 Å². The standard InChI is InChI=1S/C10H12N2OS/c13-9(8-4-1-2-7-14-8)10-11-5-3-6-12-10/h3,5-6,8H,1-2,4,7H2. The van der Waals surface area contributed by atoms with Crippen LogP contribution in [0.2, 0.25) is 0 Å². The van der Waals surface area contributed by atoms with Crippen molar-refractivity contribution in [2.24, 2.45) is 0 Å². The van der Waals surface area contributed by atoms with Crippen LogP contribution in [0.5, 0.6) is 0 Å². The third kappa shape index (κ3) is 2.12. The van der Waals surface area contributed by atoms with E-state index in [1.54, 1.807) is 30.2 Å². The Hall–Kier alpha value is -0.900. The van der Waals surface area contributed by atoms with Crippen LogP contribution in [0.15, 0.2) is 18.5 Å². The number of thioether (sulfide) groups is 1. The van der Waals surface area contributed by atoms with E-state index in [0.717, 1.165) is 18.6 Å². The fourth-order valence-electron chi connectivity index (χ4n) is 1.52. The molecule has 1 aromatic heterocycles. The van der Waals surface area contributed by atoms with Gasteiger partial charge in [0.15, 0.2) is 5.82 Å². The molecule has 0 aromatic carbocycles. The maximum atomic E-state index is 11.9. The SMILES string of the molecule is O=C(c1ncccn1)C1CCCCS1. The Labute approximate surface area is 87.3 Å². The minimum absolute atomic E-state index is 0.0890. The molecule has 0 saturated carbocycles. The zero-order valence-electron chi connectivity index (χ0n) is 7.85. The van der Waals surface area contributed by atoms with Crippen molar-refractivity contribution in [2.75, 3.05) is 5.75 Å². The molecule has 14 heavy (non-hydrogen) atoms. The molecule has 1 saturated heterocycles. The number of carbonyl (C=O) groups excluding carboxylic acids is 1. The largest absolute Gasteiger partial charge is 0.289 e. The summed E-state index contributed by atoms with van der Waals surface area (Å²) in [6, 6.07) is 1.73. The lowest BCUT2D eigenvalue weighted by atomic mass is 10.1. The van der Waals surface area contributed by atoms with E-state index >= 15 is 0 Å². The van der Waals surface area contributed by atoms with Gasteiger partial charge in [0.05, 0.1) is 5.25 Å². The highest BCUT2D eigenvalue weighted by Crippen LogP contribution is 2.26. The van der Waals surface area contributed by atoms with Gasteiger partial charge in [-0.15, -0.1) is 0 Å². The first kappa shape index (κ1) is 9.65. The first-order chi connectivity index (χ1) is 6.88. The monoisotopic (exact) mass is 208 g/mol. The summed E-state index contributed by atoms with van der Waals surface area (Å²) in [5.74, 6) is 1.55. The summed E-state index contributed by atoms with van der Waals surface area (Å²) >= 11 is 1.74. The predicted octanol–water partition coefficient (Wildman–Crippen LogP) is 1.95. The van der Waals surface area contributed by atoms with E-state index in [1.807, 2.05) is 0 Å². The molecule has 0 aliphatic carbocycles. The van der Waals surface area contributed by atoms with Crippen LogP contribution in [-0.2, 0) is 0 Å². The van der Waals surface area contributed by atoms with Gasteiger partial charge in [-0.2, -0.15) is 11.8 Å². The second-order valence-electron chi connectivity index (χ2n) is 3.29. The molecule has 1 fully saturated rings. The van der Waals surface area contributed by atoms with Crippen molar-refractivity contribution in [1.29, 1.82) is 0 Å². The molecule has 2 rings (SSSR count). The summed E-state index contributed by atoms with van der Waals surface area (Å²) < 4.78 is 0. The minimum Gasteiger partial charge on any atom is -0.289 e. The molecule has 74 valence electrons. The van der Waals surface area contributed by atoms with Crippen LogP contribution in [0.1, 0.15) is 29.9 Å². The van der Waals surface area contributed by atoms with Crippen molar-refractivity contribution >= 4 is 17.5 Å². The molecular weight excluding hydrogens is 196 g/mol. The average molecular weight is 208 g/mol. The van der Waals surface area contributed by atoms with Gasteiger partial charge in [0.1, 0.15) is 0 Å². The Kier molecular flexibility index (Phi) is 3.14. The number of hydrogen-bond donors (Lipinski definition) is 0. The van der Waals surface area contributed by atoms with E-state index < -0.39 is 0 Å². The van der Waals surface area contributed by atoms with E-state index in [1.165, 1.54) is 6.42 Å². The van der Waals surface area contributed by atoms with Crippen LogP contribution in [0.4, 0.5) is 0 Å². The van der Waals surface area contributed by atoms with Crippen LogP contribution >= 0.6 is 11.8 Å².